The monoisotopic (exact) mass is 235 g/mol. The molecular formula is C14H21NO2. The summed E-state index contributed by atoms with van der Waals surface area (Å²) in [5, 5.41) is 12.2. The highest BCUT2D eigenvalue weighted by Gasteiger charge is 2.15. The zero-order valence-corrected chi connectivity index (χ0v) is 10.6. The average molecular weight is 235 g/mol. The summed E-state index contributed by atoms with van der Waals surface area (Å²) in [5.74, 6) is 0.285. The molecule has 2 N–H and O–H groups in total. The molecule has 0 saturated heterocycles. The van der Waals surface area contributed by atoms with E-state index in [1.165, 1.54) is 0 Å². The Morgan fingerprint density at radius 2 is 2.18 bits per heavy atom. The number of hydrogen-bond donors (Lipinski definition) is 2. The molecule has 1 rings (SSSR count). The molecule has 0 heterocycles. The van der Waals surface area contributed by atoms with Crippen LogP contribution in [0.5, 0.6) is 5.75 Å². The molecule has 0 unspecified atom stereocenters. The second kappa shape index (κ2) is 6.94. The molecule has 1 aromatic rings. The number of carbonyl (C=O) groups is 1. The van der Waals surface area contributed by atoms with E-state index in [1.807, 2.05) is 6.92 Å². The lowest BCUT2D eigenvalue weighted by Crippen LogP contribution is -2.22. The van der Waals surface area contributed by atoms with Crippen molar-refractivity contribution in [1.82, 2.24) is 0 Å². The Morgan fingerprint density at radius 1 is 1.41 bits per heavy atom. The van der Waals surface area contributed by atoms with Crippen LogP contribution in [0.4, 0.5) is 5.69 Å². The van der Waals surface area contributed by atoms with Gasteiger partial charge in [-0.05, 0) is 25.0 Å². The summed E-state index contributed by atoms with van der Waals surface area (Å²) in [6.07, 6.45) is 3.96. The van der Waals surface area contributed by atoms with Crippen molar-refractivity contribution in [3.8, 4) is 5.75 Å². The first-order valence-corrected chi connectivity index (χ1v) is 6.27. The predicted molar refractivity (Wildman–Crippen MR) is 70.0 cm³/mol. The van der Waals surface area contributed by atoms with Gasteiger partial charge in [-0.1, -0.05) is 32.8 Å². The third kappa shape index (κ3) is 4.47. The fraction of sp³-hybridized carbons (Fsp3) is 0.500. The van der Waals surface area contributed by atoms with Crippen molar-refractivity contribution in [3.63, 3.8) is 0 Å². The van der Waals surface area contributed by atoms with E-state index in [4.69, 9.17) is 0 Å². The maximum Gasteiger partial charge on any atom is 0.227 e. The van der Waals surface area contributed by atoms with Gasteiger partial charge in [0.2, 0.25) is 5.91 Å². The fourth-order valence-electron chi connectivity index (χ4n) is 1.80. The Hall–Kier alpha value is -1.51. The first-order valence-electron chi connectivity index (χ1n) is 6.27. The molecular weight excluding hydrogens is 214 g/mol. The molecule has 0 aromatic heterocycles. The molecule has 1 aromatic carbocycles. The molecule has 0 aliphatic carbocycles. The summed E-state index contributed by atoms with van der Waals surface area (Å²) in [4.78, 5) is 12.0. The molecule has 0 saturated carbocycles. The molecule has 0 bridgehead atoms. The predicted octanol–water partition coefficient (Wildman–Crippen LogP) is 3.55. The van der Waals surface area contributed by atoms with E-state index in [9.17, 15) is 9.90 Å². The van der Waals surface area contributed by atoms with E-state index in [0.29, 0.717) is 5.69 Å². The number of anilines is 1. The number of unbranched alkanes of at least 4 members (excludes halogenated alkanes) is 1. The minimum absolute atomic E-state index is 0.0477. The molecule has 0 fully saturated rings. The summed E-state index contributed by atoms with van der Waals surface area (Å²) >= 11 is 0. The highest BCUT2D eigenvalue weighted by molar-refractivity contribution is 5.92. The number of hydrogen-bond acceptors (Lipinski definition) is 2. The van der Waals surface area contributed by atoms with E-state index in [2.05, 4.69) is 12.2 Å². The topological polar surface area (TPSA) is 49.3 Å². The number of phenols is 1. The molecule has 0 aliphatic heterocycles. The van der Waals surface area contributed by atoms with Gasteiger partial charge in [-0.3, -0.25) is 4.79 Å². The van der Waals surface area contributed by atoms with Crippen LogP contribution in [0.2, 0.25) is 0 Å². The second-order valence-corrected chi connectivity index (χ2v) is 4.29. The van der Waals surface area contributed by atoms with Gasteiger partial charge in [-0.25, -0.2) is 0 Å². The molecule has 0 aliphatic rings. The minimum atomic E-state index is 0.0477. The number of carbonyl (C=O) groups excluding carboxylic acids is 1. The van der Waals surface area contributed by atoms with Gasteiger partial charge in [0.05, 0.1) is 0 Å². The van der Waals surface area contributed by atoms with Crippen LogP contribution < -0.4 is 5.32 Å². The van der Waals surface area contributed by atoms with E-state index in [0.717, 1.165) is 25.7 Å². The largest absolute Gasteiger partial charge is 0.508 e. The summed E-state index contributed by atoms with van der Waals surface area (Å²) in [6, 6.07) is 6.65. The smallest absolute Gasteiger partial charge is 0.227 e. The van der Waals surface area contributed by atoms with Gasteiger partial charge >= 0.3 is 0 Å². The van der Waals surface area contributed by atoms with Crippen LogP contribution in [0.25, 0.3) is 0 Å². The van der Waals surface area contributed by atoms with Crippen molar-refractivity contribution in [2.24, 2.45) is 5.92 Å². The molecule has 1 atom stereocenters. The first kappa shape index (κ1) is 13.6. The number of nitrogens with one attached hydrogen (secondary N) is 1. The van der Waals surface area contributed by atoms with Crippen LogP contribution in [0.3, 0.4) is 0 Å². The standard InChI is InChI=1S/C14H21NO2/c1-3-5-7-11(4-2)14(17)15-12-8-6-9-13(16)10-12/h6,8-11,16H,3-5,7H2,1-2H3,(H,15,17)/t11-/m0/s1. The molecule has 17 heavy (non-hydrogen) atoms. The fourth-order valence-corrected chi connectivity index (χ4v) is 1.80. The van der Waals surface area contributed by atoms with Crippen LogP contribution in [0.1, 0.15) is 39.5 Å². The maximum absolute atomic E-state index is 12.0. The van der Waals surface area contributed by atoms with E-state index >= 15 is 0 Å². The Kier molecular flexibility index (Phi) is 5.53. The molecule has 1 amide bonds. The van der Waals surface area contributed by atoms with Gasteiger partial charge in [0.25, 0.3) is 0 Å². The van der Waals surface area contributed by atoms with Crippen molar-refractivity contribution < 1.29 is 9.90 Å². The summed E-state index contributed by atoms with van der Waals surface area (Å²) in [6.45, 7) is 4.15. The van der Waals surface area contributed by atoms with Crippen molar-refractivity contribution in [2.45, 2.75) is 39.5 Å². The second-order valence-electron chi connectivity index (χ2n) is 4.29. The first-order chi connectivity index (χ1) is 8.17. The van der Waals surface area contributed by atoms with Gasteiger partial charge in [-0.15, -0.1) is 0 Å². The molecule has 3 nitrogen and oxygen atoms in total. The van der Waals surface area contributed by atoms with E-state index in [1.54, 1.807) is 24.3 Å². The highest BCUT2D eigenvalue weighted by Crippen LogP contribution is 2.19. The van der Waals surface area contributed by atoms with Gasteiger partial charge < -0.3 is 10.4 Å². The quantitative estimate of drug-likeness (QED) is 0.792. The van der Waals surface area contributed by atoms with Crippen molar-refractivity contribution in [3.05, 3.63) is 24.3 Å². The molecule has 0 spiro atoms. The number of benzene rings is 1. The van der Waals surface area contributed by atoms with Gasteiger partial charge in [-0.2, -0.15) is 0 Å². The lowest BCUT2D eigenvalue weighted by molar-refractivity contribution is -0.120. The van der Waals surface area contributed by atoms with E-state index < -0.39 is 0 Å². The highest BCUT2D eigenvalue weighted by atomic mass is 16.3. The SMILES string of the molecule is CCCC[C@H](CC)C(=O)Nc1cccc(O)c1. The maximum atomic E-state index is 12.0. The van der Waals surface area contributed by atoms with E-state index in [-0.39, 0.29) is 17.6 Å². The lowest BCUT2D eigenvalue weighted by atomic mass is 9.98. The normalized spacial score (nSPS) is 12.1. The number of aromatic hydroxyl groups is 1. The number of phenolic OH excluding ortho intramolecular Hbond substituents is 1. The van der Waals surface area contributed by atoms with Crippen LogP contribution in [0.15, 0.2) is 24.3 Å². The zero-order valence-electron chi connectivity index (χ0n) is 10.6. The van der Waals surface area contributed by atoms with Crippen LogP contribution in [-0.4, -0.2) is 11.0 Å². The molecule has 3 heteroatoms. The Balaban J connectivity index is 2.57. The Labute approximate surface area is 103 Å². The Morgan fingerprint density at radius 3 is 2.76 bits per heavy atom. The Bertz CT molecular complexity index is 363. The summed E-state index contributed by atoms with van der Waals surface area (Å²) < 4.78 is 0. The van der Waals surface area contributed by atoms with Crippen LogP contribution in [0, 0.1) is 5.92 Å². The number of rotatable bonds is 6. The summed E-state index contributed by atoms with van der Waals surface area (Å²) in [5.41, 5.74) is 0.657. The van der Waals surface area contributed by atoms with Crippen molar-refractivity contribution in [1.29, 1.82) is 0 Å². The third-order valence-corrected chi connectivity index (χ3v) is 2.88. The van der Waals surface area contributed by atoms with Crippen LogP contribution >= 0.6 is 0 Å². The van der Waals surface area contributed by atoms with Gasteiger partial charge in [0, 0.05) is 17.7 Å². The van der Waals surface area contributed by atoms with Crippen LogP contribution in [-0.2, 0) is 4.79 Å². The van der Waals surface area contributed by atoms with Crippen molar-refractivity contribution >= 4 is 11.6 Å². The average Bonchev–Trinajstić information content (AvgIpc) is 2.30. The molecule has 0 radical (unpaired) electrons. The minimum Gasteiger partial charge on any atom is -0.508 e. The number of amides is 1. The van der Waals surface area contributed by atoms with Crippen molar-refractivity contribution in [2.75, 3.05) is 5.32 Å². The van der Waals surface area contributed by atoms with Gasteiger partial charge in [0.1, 0.15) is 5.75 Å². The lowest BCUT2D eigenvalue weighted by Gasteiger charge is -2.14. The molecule has 94 valence electrons. The summed E-state index contributed by atoms with van der Waals surface area (Å²) in [7, 11) is 0. The zero-order chi connectivity index (χ0) is 12.7. The third-order valence-electron chi connectivity index (χ3n) is 2.88. The van der Waals surface area contributed by atoms with Gasteiger partial charge in [0.15, 0.2) is 0 Å².